The first-order valence-electron chi connectivity index (χ1n) is 5.41. The van der Waals surface area contributed by atoms with E-state index in [1.165, 1.54) is 0 Å². The van der Waals surface area contributed by atoms with Gasteiger partial charge in [-0.1, -0.05) is 20.8 Å². The summed E-state index contributed by atoms with van der Waals surface area (Å²) in [7, 11) is -1.67. The predicted octanol–water partition coefficient (Wildman–Crippen LogP) is 1.69. The average molecular weight is 230 g/mol. The van der Waals surface area contributed by atoms with Gasteiger partial charge in [-0.2, -0.15) is 0 Å². The first kappa shape index (κ1) is 12.5. The third kappa shape index (κ3) is 3.20. The molecule has 1 atom stereocenters. The Morgan fingerprint density at radius 2 is 2.07 bits per heavy atom. The molecule has 0 radical (unpaired) electrons. The number of rotatable bonds is 3. The molecule has 2 amide bonds. The summed E-state index contributed by atoms with van der Waals surface area (Å²) >= 11 is 0. The standard InChI is InChI=1S/C10H22N2O2Si/c1-10(2,3)15(4,5)14-7-8-6-11-9(13)12-8/h8H,6-7H2,1-5H3,(H2,11,12,13). The molecule has 4 nitrogen and oxygen atoms in total. The van der Waals surface area contributed by atoms with E-state index >= 15 is 0 Å². The highest BCUT2D eigenvalue weighted by Gasteiger charge is 2.38. The van der Waals surface area contributed by atoms with Crippen LogP contribution in [0.5, 0.6) is 0 Å². The van der Waals surface area contributed by atoms with Gasteiger partial charge >= 0.3 is 6.03 Å². The molecule has 1 aliphatic heterocycles. The number of amides is 2. The van der Waals surface area contributed by atoms with Crippen LogP contribution in [0.2, 0.25) is 18.1 Å². The summed E-state index contributed by atoms with van der Waals surface area (Å²) in [6, 6.07) is 0.0467. The lowest BCUT2D eigenvalue weighted by molar-refractivity contribution is 0.238. The lowest BCUT2D eigenvalue weighted by atomic mass is 10.2. The Balaban J connectivity index is 2.40. The van der Waals surface area contributed by atoms with Crippen molar-refractivity contribution in [3.05, 3.63) is 0 Å². The van der Waals surface area contributed by atoms with Crippen molar-refractivity contribution in [3.8, 4) is 0 Å². The Kier molecular flexibility index (Phi) is 3.45. The Bertz CT molecular complexity index is 248. The zero-order valence-electron chi connectivity index (χ0n) is 10.3. The van der Waals surface area contributed by atoms with E-state index in [4.69, 9.17) is 4.43 Å². The maximum atomic E-state index is 10.9. The maximum absolute atomic E-state index is 10.9. The van der Waals surface area contributed by atoms with Crippen LogP contribution in [0.4, 0.5) is 4.79 Å². The van der Waals surface area contributed by atoms with Crippen LogP contribution in [0, 0.1) is 0 Å². The zero-order valence-corrected chi connectivity index (χ0v) is 11.3. The Morgan fingerprint density at radius 3 is 2.47 bits per heavy atom. The fourth-order valence-electron chi connectivity index (χ4n) is 1.13. The highest BCUT2D eigenvalue weighted by Crippen LogP contribution is 2.36. The van der Waals surface area contributed by atoms with Crippen molar-refractivity contribution in [3.63, 3.8) is 0 Å². The minimum Gasteiger partial charge on any atom is -0.415 e. The van der Waals surface area contributed by atoms with Crippen LogP contribution in [-0.4, -0.2) is 33.5 Å². The molecule has 0 bridgehead atoms. The molecule has 0 aromatic rings. The normalized spacial score (nSPS) is 22.5. The smallest absolute Gasteiger partial charge is 0.315 e. The fraction of sp³-hybridized carbons (Fsp3) is 0.900. The van der Waals surface area contributed by atoms with E-state index in [-0.39, 0.29) is 17.1 Å². The minimum atomic E-state index is -1.67. The molecule has 0 aromatic carbocycles. The monoisotopic (exact) mass is 230 g/mol. The second-order valence-electron chi connectivity index (χ2n) is 5.62. The van der Waals surface area contributed by atoms with E-state index in [1.54, 1.807) is 0 Å². The summed E-state index contributed by atoms with van der Waals surface area (Å²) in [6.07, 6.45) is 0. The van der Waals surface area contributed by atoms with Crippen molar-refractivity contribution >= 4 is 14.3 Å². The quantitative estimate of drug-likeness (QED) is 0.725. The van der Waals surface area contributed by atoms with Crippen molar-refractivity contribution in [1.82, 2.24) is 10.6 Å². The molecule has 0 spiro atoms. The lowest BCUT2D eigenvalue weighted by Gasteiger charge is -2.36. The van der Waals surface area contributed by atoms with Crippen molar-refractivity contribution in [2.45, 2.75) is 44.9 Å². The van der Waals surface area contributed by atoms with Gasteiger partial charge in [-0.25, -0.2) is 4.79 Å². The molecule has 0 aliphatic carbocycles. The summed E-state index contributed by atoms with van der Waals surface area (Å²) in [5.74, 6) is 0. The van der Waals surface area contributed by atoms with E-state index in [9.17, 15) is 4.79 Å². The third-order valence-electron chi connectivity index (χ3n) is 3.30. The van der Waals surface area contributed by atoms with Gasteiger partial charge in [0.25, 0.3) is 0 Å². The number of carbonyl (C=O) groups is 1. The first-order valence-corrected chi connectivity index (χ1v) is 8.31. The minimum absolute atomic E-state index is 0.0844. The molecule has 0 saturated carbocycles. The topological polar surface area (TPSA) is 50.4 Å². The average Bonchev–Trinajstić information content (AvgIpc) is 2.46. The fourth-order valence-corrected chi connectivity index (χ4v) is 2.18. The molecule has 1 saturated heterocycles. The molecule has 1 unspecified atom stereocenters. The highest BCUT2D eigenvalue weighted by molar-refractivity contribution is 6.74. The summed E-state index contributed by atoms with van der Waals surface area (Å²) in [6.45, 7) is 12.4. The lowest BCUT2D eigenvalue weighted by Crippen LogP contribution is -2.44. The molecule has 1 heterocycles. The van der Waals surface area contributed by atoms with Crippen LogP contribution in [0.1, 0.15) is 20.8 Å². The van der Waals surface area contributed by atoms with E-state index in [1.807, 2.05) is 0 Å². The van der Waals surface area contributed by atoms with E-state index in [0.29, 0.717) is 13.2 Å². The van der Waals surface area contributed by atoms with Crippen LogP contribution < -0.4 is 10.6 Å². The van der Waals surface area contributed by atoms with Crippen molar-refractivity contribution in [2.75, 3.05) is 13.2 Å². The van der Waals surface area contributed by atoms with Crippen LogP contribution in [0.15, 0.2) is 0 Å². The summed E-state index contributed by atoms with van der Waals surface area (Å²) in [4.78, 5) is 10.9. The van der Waals surface area contributed by atoms with Gasteiger partial charge in [-0.15, -0.1) is 0 Å². The second kappa shape index (κ2) is 4.13. The molecule has 88 valence electrons. The van der Waals surface area contributed by atoms with Gasteiger partial charge in [-0.3, -0.25) is 0 Å². The molecule has 15 heavy (non-hydrogen) atoms. The molecule has 5 heteroatoms. The van der Waals surface area contributed by atoms with Gasteiger partial charge in [0.2, 0.25) is 0 Å². The van der Waals surface area contributed by atoms with Gasteiger partial charge in [0.1, 0.15) is 0 Å². The van der Waals surface area contributed by atoms with Crippen molar-refractivity contribution < 1.29 is 9.22 Å². The Hall–Kier alpha value is -0.553. The Morgan fingerprint density at radius 1 is 1.47 bits per heavy atom. The molecule has 1 aliphatic rings. The zero-order chi connectivity index (χ0) is 11.7. The van der Waals surface area contributed by atoms with Gasteiger partial charge < -0.3 is 15.1 Å². The van der Waals surface area contributed by atoms with Crippen LogP contribution >= 0.6 is 0 Å². The van der Waals surface area contributed by atoms with Gasteiger partial charge in [0, 0.05) is 6.54 Å². The molecule has 0 aromatic heterocycles. The summed E-state index contributed by atoms with van der Waals surface area (Å²) in [5, 5.41) is 5.78. The molecular weight excluding hydrogens is 208 g/mol. The van der Waals surface area contributed by atoms with Gasteiger partial charge in [0.05, 0.1) is 12.6 Å². The van der Waals surface area contributed by atoms with E-state index < -0.39 is 8.32 Å². The Labute approximate surface area is 92.9 Å². The molecule has 1 fully saturated rings. The predicted molar refractivity (Wildman–Crippen MR) is 63.5 cm³/mol. The highest BCUT2D eigenvalue weighted by atomic mass is 28.4. The van der Waals surface area contributed by atoms with E-state index in [2.05, 4.69) is 44.5 Å². The van der Waals surface area contributed by atoms with Gasteiger partial charge in [-0.05, 0) is 18.1 Å². The maximum Gasteiger partial charge on any atom is 0.315 e. The van der Waals surface area contributed by atoms with Gasteiger partial charge in [0.15, 0.2) is 8.32 Å². The molecular formula is C10H22N2O2Si. The van der Waals surface area contributed by atoms with Crippen molar-refractivity contribution in [1.29, 1.82) is 0 Å². The van der Waals surface area contributed by atoms with Crippen LogP contribution in [0.3, 0.4) is 0 Å². The largest absolute Gasteiger partial charge is 0.415 e. The number of hydrogen-bond donors (Lipinski definition) is 2. The second-order valence-corrected chi connectivity index (χ2v) is 10.4. The SMILES string of the molecule is CC(C)(C)[Si](C)(C)OCC1CNC(=O)N1. The molecule has 2 N–H and O–H groups in total. The number of carbonyl (C=O) groups excluding carboxylic acids is 1. The number of nitrogens with one attached hydrogen (secondary N) is 2. The van der Waals surface area contributed by atoms with E-state index in [0.717, 1.165) is 0 Å². The molecule has 1 rings (SSSR count). The van der Waals surface area contributed by atoms with Crippen LogP contribution in [0.25, 0.3) is 0 Å². The summed E-state index contributed by atoms with van der Waals surface area (Å²) < 4.78 is 6.01. The number of hydrogen-bond acceptors (Lipinski definition) is 2. The third-order valence-corrected chi connectivity index (χ3v) is 7.80. The number of urea groups is 1. The summed E-state index contributed by atoms with van der Waals surface area (Å²) in [5.41, 5.74) is 0. The van der Waals surface area contributed by atoms with Crippen molar-refractivity contribution in [2.24, 2.45) is 0 Å². The van der Waals surface area contributed by atoms with Crippen LogP contribution in [-0.2, 0) is 4.43 Å². The first-order chi connectivity index (χ1) is 6.72.